The van der Waals surface area contributed by atoms with E-state index >= 15 is 0 Å². The van der Waals surface area contributed by atoms with Crippen LogP contribution in [0.2, 0.25) is 0 Å². The number of benzene rings is 2. The standard InChI is InChI=1S/C10H8.C8H19O3P.C8H19OP.2H2O/c1-2-6-10-8-4-3-7-9(10)5-1;1-4-7-8-12(9,10-5-2)11-6-3;1-4-7-8-10(9,5-2)6-3;;/h1-8H;4-8H2,1-3H3;4-8H2,1-3H3;2*1H2. The van der Waals surface area contributed by atoms with E-state index in [4.69, 9.17) is 9.05 Å². The van der Waals surface area contributed by atoms with Gasteiger partial charge in [-0.15, -0.1) is 0 Å². The van der Waals surface area contributed by atoms with Crippen molar-refractivity contribution in [3.8, 4) is 0 Å². The molecule has 0 unspecified atom stereocenters. The average molecular weight is 521 g/mol. The molecule has 0 atom stereocenters. The molecule has 2 aromatic carbocycles. The summed E-state index contributed by atoms with van der Waals surface area (Å²) in [6.45, 7) is 12.9. The summed E-state index contributed by atoms with van der Waals surface area (Å²) >= 11 is 0. The molecule has 8 heteroatoms. The molecule has 34 heavy (non-hydrogen) atoms. The van der Waals surface area contributed by atoms with Gasteiger partial charge in [0, 0.05) is 6.16 Å². The molecule has 200 valence electrons. The molecule has 6 nitrogen and oxygen atoms in total. The Hall–Kier alpha value is -1.00. The molecule has 2 aromatic rings. The molecule has 0 aromatic heterocycles. The lowest BCUT2D eigenvalue weighted by atomic mass is 10.1. The Morgan fingerprint density at radius 2 is 0.971 bits per heavy atom. The summed E-state index contributed by atoms with van der Waals surface area (Å²) in [7, 11) is -4.43. The minimum absolute atomic E-state index is 0. The first-order valence-electron chi connectivity index (χ1n) is 12.2. The van der Waals surface area contributed by atoms with Crippen LogP contribution in [0.5, 0.6) is 0 Å². The fourth-order valence-electron chi connectivity index (χ4n) is 3.03. The van der Waals surface area contributed by atoms with Crippen LogP contribution in [0.3, 0.4) is 0 Å². The van der Waals surface area contributed by atoms with Gasteiger partial charge in [-0.05, 0) is 49.8 Å². The molecule has 2 rings (SSSR count). The van der Waals surface area contributed by atoms with Crippen LogP contribution in [-0.2, 0) is 18.2 Å². The van der Waals surface area contributed by atoms with Gasteiger partial charge in [0.25, 0.3) is 0 Å². The van der Waals surface area contributed by atoms with Crippen molar-refractivity contribution in [2.24, 2.45) is 0 Å². The second-order valence-corrected chi connectivity index (χ2v) is 13.7. The molecule has 0 aliphatic heterocycles. The average Bonchev–Trinajstić information content (AvgIpc) is 2.82. The SMILES string of the molecule is CCCCP(=O)(CC)CC.CCCCP(=O)(OCC)OCC.O.O.c1ccc2ccccc2c1. The third-order valence-electron chi connectivity index (χ3n) is 5.17. The van der Waals surface area contributed by atoms with Gasteiger partial charge in [-0.2, -0.15) is 0 Å². The smallest absolute Gasteiger partial charge is 0.330 e. The Morgan fingerprint density at radius 3 is 1.26 bits per heavy atom. The number of unbranched alkanes of at least 4 members (excludes halogenated alkanes) is 2. The van der Waals surface area contributed by atoms with Gasteiger partial charge in [0.15, 0.2) is 0 Å². The van der Waals surface area contributed by atoms with Crippen LogP contribution in [0, 0.1) is 0 Å². The van der Waals surface area contributed by atoms with E-state index < -0.39 is 14.7 Å². The summed E-state index contributed by atoms with van der Waals surface area (Å²) in [6, 6.07) is 16.7. The van der Waals surface area contributed by atoms with Gasteiger partial charge in [0.2, 0.25) is 0 Å². The molecular formula is C26H50O6P2. The van der Waals surface area contributed by atoms with Gasteiger partial charge < -0.3 is 24.6 Å². The predicted octanol–water partition coefficient (Wildman–Crippen LogP) is 7.43. The van der Waals surface area contributed by atoms with Crippen LogP contribution in [0.15, 0.2) is 48.5 Å². The highest BCUT2D eigenvalue weighted by Gasteiger charge is 2.21. The normalized spacial score (nSPS) is 10.6. The van der Waals surface area contributed by atoms with Crippen LogP contribution in [0.1, 0.15) is 67.2 Å². The molecule has 0 radical (unpaired) electrons. The Kier molecular flexibility index (Phi) is 24.8. The molecule has 0 saturated carbocycles. The molecule has 0 fully saturated rings. The van der Waals surface area contributed by atoms with E-state index in [1.54, 1.807) is 0 Å². The fourth-order valence-corrected chi connectivity index (χ4v) is 6.83. The number of rotatable bonds is 12. The van der Waals surface area contributed by atoms with E-state index in [2.05, 4.69) is 62.4 Å². The van der Waals surface area contributed by atoms with E-state index in [0.29, 0.717) is 19.4 Å². The van der Waals surface area contributed by atoms with E-state index in [-0.39, 0.29) is 11.0 Å². The maximum Gasteiger partial charge on any atom is 0.330 e. The molecule has 0 bridgehead atoms. The first-order valence-corrected chi connectivity index (χ1v) is 16.2. The van der Waals surface area contributed by atoms with Crippen LogP contribution in [-0.4, -0.2) is 48.8 Å². The van der Waals surface area contributed by atoms with Gasteiger partial charge in [0.1, 0.15) is 0 Å². The van der Waals surface area contributed by atoms with Crippen molar-refractivity contribution in [2.45, 2.75) is 67.2 Å². The quantitative estimate of drug-likeness (QED) is 0.270. The lowest BCUT2D eigenvalue weighted by molar-refractivity contribution is 0.219. The monoisotopic (exact) mass is 520 g/mol. The van der Waals surface area contributed by atoms with Crippen molar-refractivity contribution >= 4 is 25.5 Å². The second-order valence-electron chi connectivity index (χ2n) is 7.64. The van der Waals surface area contributed by atoms with E-state index in [1.165, 1.54) is 17.2 Å². The topological polar surface area (TPSA) is 116 Å². The Bertz CT molecular complexity index is 729. The van der Waals surface area contributed by atoms with Crippen LogP contribution in [0.25, 0.3) is 10.8 Å². The summed E-state index contributed by atoms with van der Waals surface area (Å²) < 4.78 is 33.6. The van der Waals surface area contributed by atoms with Crippen LogP contribution in [0.4, 0.5) is 0 Å². The second kappa shape index (κ2) is 22.5. The van der Waals surface area contributed by atoms with Gasteiger partial charge in [-0.1, -0.05) is 89.1 Å². The predicted molar refractivity (Wildman–Crippen MR) is 150 cm³/mol. The molecule has 0 aliphatic rings. The lowest BCUT2D eigenvalue weighted by Gasteiger charge is -2.15. The highest BCUT2D eigenvalue weighted by molar-refractivity contribution is 7.63. The van der Waals surface area contributed by atoms with Crippen LogP contribution < -0.4 is 0 Å². The summed E-state index contributed by atoms with van der Waals surface area (Å²) in [6.07, 6.45) is 7.53. The zero-order valence-electron chi connectivity index (χ0n) is 22.2. The molecule has 0 spiro atoms. The van der Waals surface area contributed by atoms with Crippen molar-refractivity contribution < 1.29 is 29.1 Å². The number of hydrogen-bond acceptors (Lipinski definition) is 4. The zero-order chi connectivity index (χ0) is 24.3. The summed E-state index contributed by atoms with van der Waals surface area (Å²) in [5.74, 6) is 0. The third kappa shape index (κ3) is 16.6. The van der Waals surface area contributed by atoms with Gasteiger partial charge in [0.05, 0.1) is 26.5 Å². The maximum absolute atomic E-state index is 11.7. The molecule has 0 aliphatic carbocycles. The Labute approximate surface area is 208 Å². The molecule has 0 saturated heterocycles. The lowest BCUT2D eigenvalue weighted by Crippen LogP contribution is -1.99. The minimum Gasteiger partial charge on any atom is -0.412 e. The maximum atomic E-state index is 11.7. The highest BCUT2D eigenvalue weighted by Crippen LogP contribution is 2.48. The summed E-state index contributed by atoms with van der Waals surface area (Å²) in [4.78, 5) is 0. The largest absolute Gasteiger partial charge is 0.412 e. The van der Waals surface area contributed by atoms with Crippen molar-refractivity contribution in [2.75, 3.05) is 37.9 Å². The fraction of sp³-hybridized carbons (Fsp3) is 0.615. The van der Waals surface area contributed by atoms with Crippen molar-refractivity contribution in [1.82, 2.24) is 0 Å². The Balaban J connectivity index is -0.000000413. The van der Waals surface area contributed by atoms with E-state index in [0.717, 1.165) is 37.7 Å². The molecule has 0 amide bonds. The summed E-state index contributed by atoms with van der Waals surface area (Å²) in [5.41, 5.74) is 0. The molecule has 4 N–H and O–H groups in total. The van der Waals surface area contributed by atoms with Gasteiger partial charge in [-0.25, -0.2) is 0 Å². The number of hydrogen-bond donors (Lipinski definition) is 0. The Morgan fingerprint density at radius 1 is 0.618 bits per heavy atom. The van der Waals surface area contributed by atoms with E-state index in [1.807, 2.05) is 27.7 Å². The van der Waals surface area contributed by atoms with Crippen molar-refractivity contribution in [1.29, 1.82) is 0 Å². The summed E-state index contributed by atoms with van der Waals surface area (Å²) in [5, 5.41) is 2.62. The zero-order valence-corrected chi connectivity index (χ0v) is 24.0. The van der Waals surface area contributed by atoms with E-state index in [9.17, 15) is 9.13 Å². The first kappa shape index (κ1) is 37.5. The van der Waals surface area contributed by atoms with Crippen molar-refractivity contribution in [3.63, 3.8) is 0 Å². The van der Waals surface area contributed by atoms with Gasteiger partial charge in [-0.3, -0.25) is 4.57 Å². The molecular weight excluding hydrogens is 470 g/mol. The first-order chi connectivity index (χ1) is 15.3. The van der Waals surface area contributed by atoms with Crippen LogP contribution >= 0.6 is 14.7 Å². The molecule has 0 heterocycles. The number of fused-ring (bicyclic) bond motifs is 1. The van der Waals surface area contributed by atoms with Gasteiger partial charge >= 0.3 is 7.60 Å². The third-order valence-corrected chi connectivity index (χ3v) is 10.8. The minimum atomic E-state index is -2.74. The highest BCUT2D eigenvalue weighted by atomic mass is 31.2. The van der Waals surface area contributed by atoms with Crippen molar-refractivity contribution in [3.05, 3.63) is 48.5 Å².